The summed E-state index contributed by atoms with van der Waals surface area (Å²) in [6, 6.07) is 26.5. The zero-order valence-corrected chi connectivity index (χ0v) is 15.6. The third-order valence-corrected chi connectivity index (χ3v) is 4.25. The molecule has 4 aromatic rings. The Hall–Kier alpha value is -3.93. The van der Waals surface area contributed by atoms with Gasteiger partial charge in [0.1, 0.15) is 5.75 Å². The van der Waals surface area contributed by atoms with Gasteiger partial charge >= 0.3 is 0 Å². The lowest BCUT2D eigenvalue weighted by Gasteiger charge is -2.08. The van der Waals surface area contributed by atoms with E-state index in [1.165, 1.54) is 0 Å². The second kappa shape index (κ2) is 8.84. The van der Waals surface area contributed by atoms with Gasteiger partial charge in [-0.2, -0.15) is 0 Å². The molecule has 4 rings (SSSR count). The van der Waals surface area contributed by atoms with E-state index in [4.69, 9.17) is 9.15 Å². The lowest BCUT2D eigenvalue weighted by molar-refractivity contribution is -0.123. The van der Waals surface area contributed by atoms with Gasteiger partial charge in [0.2, 0.25) is 11.8 Å². The molecule has 144 valence electrons. The van der Waals surface area contributed by atoms with Crippen LogP contribution in [0.3, 0.4) is 0 Å². The van der Waals surface area contributed by atoms with Crippen LogP contribution in [0, 0.1) is 0 Å². The summed E-state index contributed by atoms with van der Waals surface area (Å²) in [5.74, 6) is 1.31. The molecule has 1 amide bonds. The molecule has 0 bridgehead atoms. The van der Waals surface area contributed by atoms with E-state index in [0.29, 0.717) is 24.1 Å². The van der Waals surface area contributed by atoms with Crippen LogP contribution in [-0.2, 0) is 11.3 Å². The maximum absolute atomic E-state index is 11.9. The molecule has 29 heavy (non-hydrogen) atoms. The van der Waals surface area contributed by atoms with Gasteiger partial charge in [0.05, 0.1) is 0 Å². The summed E-state index contributed by atoms with van der Waals surface area (Å²) in [6.07, 6.45) is 0. The largest absolute Gasteiger partial charge is 0.484 e. The lowest BCUT2D eigenvalue weighted by Crippen LogP contribution is -2.28. The van der Waals surface area contributed by atoms with Crippen molar-refractivity contribution in [2.75, 3.05) is 6.61 Å². The summed E-state index contributed by atoms with van der Waals surface area (Å²) in [6.45, 7) is 0.424. The Morgan fingerprint density at radius 3 is 2.03 bits per heavy atom. The number of rotatable bonds is 7. The number of nitrogens with zero attached hydrogens (tertiary/aromatic N) is 2. The Balaban J connectivity index is 1.31. The van der Waals surface area contributed by atoms with Crippen molar-refractivity contribution in [1.29, 1.82) is 0 Å². The van der Waals surface area contributed by atoms with Gasteiger partial charge in [-0.15, -0.1) is 10.2 Å². The van der Waals surface area contributed by atoms with E-state index >= 15 is 0 Å². The molecule has 0 unspecified atom stereocenters. The number of nitrogens with one attached hydrogen (secondary N) is 1. The SMILES string of the molecule is O=C(COc1ccc(-c2nnc(-c3ccccc3)o2)cc1)NCc1ccccc1. The number of aromatic nitrogens is 2. The van der Waals surface area contributed by atoms with Crippen LogP contribution in [0.2, 0.25) is 0 Å². The van der Waals surface area contributed by atoms with E-state index < -0.39 is 0 Å². The highest BCUT2D eigenvalue weighted by atomic mass is 16.5. The van der Waals surface area contributed by atoms with Crippen LogP contribution in [0.4, 0.5) is 0 Å². The number of benzene rings is 3. The van der Waals surface area contributed by atoms with E-state index in [-0.39, 0.29) is 12.5 Å². The number of amides is 1. The number of carbonyl (C=O) groups excluding carboxylic acids is 1. The molecule has 6 heteroatoms. The second-order valence-electron chi connectivity index (χ2n) is 6.35. The highest BCUT2D eigenvalue weighted by molar-refractivity contribution is 5.77. The molecule has 0 aliphatic heterocycles. The average molecular weight is 385 g/mol. The minimum atomic E-state index is -0.178. The van der Waals surface area contributed by atoms with Crippen molar-refractivity contribution < 1.29 is 13.9 Å². The third kappa shape index (κ3) is 4.87. The van der Waals surface area contributed by atoms with Crippen LogP contribution < -0.4 is 10.1 Å². The predicted molar refractivity (Wildman–Crippen MR) is 109 cm³/mol. The van der Waals surface area contributed by atoms with Crippen molar-refractivity contribution in [3.8, 4) is 28.7 Å². The zero-order valence-electron chi connectivity index (χ0n) is 15.6. The van der Waals surface area contributed by atoms with Crippen molar-refractivity contribution in [3.05, 3.63) is 90.5 Å². The maximum atomic E-state index is 11.9. The van der Waals surface area contributed by atoms with Crippen LogP contribution in [-0.4, -0.2) is 22.7 Å². The summed E-state index contributed by atoms with van der Waals surface area (Å²) in [4.78, 5) is 11.9. The molecule has 1 heterocycles. The van der Waals surface area contributed by atoms with Crippen molar-refractivity contribution >= 4 is 5.91 Å². The Morgan fingerprint density at radius 1 is 0.793 bits per heavy atom. The van der Waals surface area contributed by atoms with Gasteiger partial charge in [0.15, 0.2) is 6.61 Å². The molecule has 0 atom stereocenters. The van der Waals surface area contributed by atoms with Crippen LogP contribution >= 0.6 is 0 Å². The molecule has 0 aliphatic rings. The Labute approximate surface area is 168 Å². The minimum Gasteiger partial charge on any atom is -0.484 e. The molecule has 0 radical (unpaired) electrons. The van der Waals surface area contributed by atoms with Gasteiger partial charge in [-0.05, 0) is 42.0 Å². The van der Waals surface area contributed by atoms with Crippen molar-refractivity contribution in [2.24, 2.45) is 0 Å². The smallest absolute Gasteiger partial charge is 0.258 e. The third-order valence-electron chi connectivity index (χ3n) is 4.25. The maximum Gasteiger partial charge on any atom is 0.258 e. The fourth-order valence-corrected chi connectivity index (χ4v) is 2.73. The number of carbonyl (C=O) groups is 1. The standard InChI is InChI=1S/C23H19N3O3/c27-21(24-15-17-7-3-1-4-8-17)16-28-20-13-11-19(12-14-20)23-26-25-22(29-23)18-9-5-2-6-10-18/h1-14H,15-16H2,(H,24,27). The van der Waals surface area contributed by atoms with Gasteiger partial charge in [0.25, 0.3) is 5.91 Å². The molecule has 0 spiro atoms. The first-order chi connectivity index (χ1) is 14.3. The normalized spacial score (nSPS) is 10.5. The van der Waals surface area contributed by atoms with Gasteiger partial charge in [-0.25, -0.2) is 0 Å². The Morgan fingerprint density at radius 2 is 1.38 bits per heavy atom. The van der Waals surface area contributed by atoms with Gasteiger partial charge in [0, 0.05) is 17.7 Å². The fraction of sp³-hybridized carbons (Fsp3) is 0.0870. The second-order valence-corrected chi connectivity index (χ2v) is 6.35. The van der Waals surface area contributed by atoms with Crippen LogP contribution in [0.25, 0.3) is 22.9 Å². The van der Waals surface area contributed by atoms with E-state index in [0.717, 1.165) is 16.7 Å². The van der Waals surface area contributed by atoms with Crippen LogP contribution in [0.1, 0.15) is 5.56 Å². The summed E-state index contributed by atoms with van der Waals surface area (Å²) in [7, 11) is 0. The molecule has 3 aromatic carbocycles. The van der Waals surface area contributed by atoms with E-state index in [2.05, 4.69) is 15.5 Å². The topological polar surface area (TPSA) is 77.2 Å². The quantitative estimate of drug-likeness (QED) is 0.518. The summed E-state index contributed by atoms with van der Waals surface area (Å²) in [5, 5.41) is 11.0. The number of hydrogen-bond donors (Lipinski definition) is 1. The summed E-state index contributed by atoms with van der Waals surface area (Å²) >= 11 is 0. The molecule has 0 saturated heterocycles. The Bertz CT molecular complexity index is 1060. The van der Waals surface area contributed by atoms with Crippen LogP contribution in [0.15, 0.2) is 89.3 Å². The highest BCUT2D eigenvalue weighted by Gasteiger charge is 2.10. The molecule has 0 fully saturated rings. The molecule has 1 N–H and O–H groups in total. The monoisotopic (exact) mass is 385 g/mol. The van der Waals surface area contributed by atoms with Crippen molar-refractivity contribution in [3.63, 3.8) is 0 Å². The summed E-state index contributed by atoms with van der Waals surface area (Å²) < 4.78 is 11.3. The predicted octanol–water partition coefficient (Wildman–Crippen LogP) is 4.10. The van der Waals surface area contributed by atoms with Gasteiger partial charge in [-0.3, -0.25) is 4.79 Å². The molecular formula is C23H19N3O3. The van der Waals surface area contributed by atoms with Gasteiger partial charge < -0.3 is 14.5 Å². The molecule has 0 aliphatic carbocycles. The lowest BCUT2D eigenvalue weighted by atomic mass is 10.2. The first-order valence-corrected chi connectivity index (χ1v) is 9.21. The van der Waals surface area contributed by atoms with E-state index in [1.54, 1.807) is 12.1 Å². The molecule has 0 saturated carbocycles. The molecule has 1 aromatic heterocycles. The van der Waals surface area contributed by atoms with Gasteiger partial charge in [-0.1, -0.05) is 48.5 Å². The first kappa shape index (κ1) is 18.4. The fourth-order valence-electron chi connectivity index (χ4n) is 2.73. The van der Waals surface area contributed by atoms with E-state index in [1.807, 2.05) is 72.8 Å². The number of hydrogen-bond acceptors (Lipinski definition) is 5. The van der Waals surface area contributed by atoms with Crippen molar-refractivity contribution in [1.82, 2.24) is 15.5 Å². The molecular weight excluding hydrogens is 366 g/mol. The Kier molecular flexibility index (Phi) is 5.62. The highest BCUT2D eigenvalue weighted by Crippen LogP contribution is 2.25. The van der Waals surface area contributed by atoms with E-state index in [9.17, 15) is 4.79 Å². The zero-order chi connectivity index (χ0) is 19.9. The molecule has 6 nitrogen and oxygen atoms in total. The first-order valence-electron chi connectivity index (χ1n) is 9.21. The summed E-state index contributed by atoms with van der Waals surface area (Å²) in [5.41, 5.74) is 2.69. The minimum absolute atomic E-state index is 0.0507. The average Bonchev–Trinajstić information content (AvgIpc) is 3.28. The van der Waals surface area contributed by atoms with Crippen LogP contribution in [0.5, 0.6) is 5.75 Å². The number of ether oxygens (including phenoxy) is 1. The van der Waals surface area contributed by atoms with Crippen molar-refractivity contribution in [2.45, 2.75) is 6.54 Å².